The molecule has 0 spiro atoms. The standard InChI is InChI=1S/C11H12N2OS/c15-11(12-8-4-2-1-3-5-8)13-9-6-14-7-10(9)13/h1-5,9-10H,6-7H2,(H,12,15). The number of para-hydroxylation sites is 1. The number of hydrogen-bond acceptors (Lipinski definition) is 2. The molecule has 0 amide bonds. The first kappa shape index (κ1) is 9.12. The zero-order valence-electron chi connectivity index (χ0n) is 8.22. The number of thiocarbonyl (C=S) groups is 1. The molecule has 0 aromatic heterocycles. The van der Waals surface area contributed by atoms with E-state index in [-0.39, 0.29) is 0 Å². The molecular formula is C11H12N2OS. The van der Waals surface area contributed by atoms with Crippen LogP contribution in [-0.4, -0.2) is 35.3 Å². The van der Waals surface area contributed by atoms with Crippen LogP contribution in [0.15, 0.2) is 30.3 Å². The Morgan fingerprint density at radius 3 is 2.60 bits per heavy atom. The van der Waals surface area contributed by atoms with Gasteiger partial charge in [0.15, 0.2) is 5.11 Å². The highest BCUT2D eigenvalue weighted by Crippen LogP contribution is 2.34. The second-order valence-corrected chi connectivity index (χ2v) is 4.26. The van der Waals surface area contributed by atoms with Gasteiger partial charge in [-0.3, -0.25) is 0 Å². The summed E-state index contributed by atoms with van der Waals surface area (Å²) < 4.78 is 5.31. The van der Waals surface area contributed by atoms with Crippen LogP contribution in [0.4, 0.5) is 5.69 Å². The molecule has 1 aromatic carbocycles. The topological polar surface area (TPSA) is 24.3 Å². The Bertz CT molecular complexity index is 371. The van der Waals surface area contributed by atoms with Crippen LogP contribution in [0.1, 0.15) is 0 Å². The first-order chi connectivity index (χ1) is 7.36. The maximum absolute atomic E-state index is 5.34. The van der Waals surface area contributed by atoms with Crippen LogP contribution in [0.25, 0.3) is 0 Å². The SMILES string of the molecule is S=C(Nc1ccccc1)N1C2COCC21. The molecule has 2 aliphatic heterocycles. The molecule has 15 heavy (non-hydrogen) atoms. The van der Waals surface area contributed by atoms with Crippen LogP contribution >= 0.6 is 12.2 Å². The molecule has 0 radical (unpaired) electrons. The first-order valence-electron chi connectivity index (χ1n) is 5.08. The lowest BCUT2D eigenvalue weighted by Crippen LogP contribution is -2.25. The Labute approximate surface area is 94.0 Å². The van der Waals surface area contributed by atoms with Gasteiger partial charge in [-0.1, -0.05) is 18.2 Å². The molecule has 2 saturated heterocycles. The third-order valence-corrected chi connectivity index (χ3v) is 3.22. The zero-order chi connectivity index (χ0) is 10.3. The normalized spacial score (nSPS) is 27.3. The molecule has 4 heteroatoms. The predicted octanol–water partition coefficient (Wildman–Crippen LogP) is 1.47. The smallest absolute Gasteiger partial charge is 0.174 e. The van der Waals surface area contributed by atoms with Crippen LogP contribution in [0, 0.1) is 0 Å². The van der Waals surface area contributed by atoms with Crippen molar-refractivity contribution in [2.24, 2.45) is 0 Å². The molecule has 2 aliphatic rings. The van der Waals surface area contributed by atoms with Crippen molar-refractivity contribution >= 4 is 23.0 Å². The first-order valence-corrected chi connectivity index (χ1v) is 5.49. The maximum Gasteiger partial charge on any atom is 0.174 e. The van der Waals surface area contributed by atoms with Crippen LogP contribution in [0.2, 0.25) is 0 Å². The van der Waals surface area contributed by atoms with E-state index in [1.54, 1.807) is 0 Å². The Morgan fingerprint density at radius 2 is 1.93 bits per heavy atom. The minimum absolute atomic E-state index is 0.522. The Hall–Kier alpha value is -1.13. The summed E-state index contributed by atoms with van der Waals surface area (Å²) in [6.45, 7) is 1.64. The number of nitrogens with one attached hydrogen (secondary N) is 1. The van der Waals surface area contributed by atoms with Gasteiger partial charge in [-0.2, -0.15) is 0 Å². The molecular weight excluding hydrogens is 208 g/mol. The summed E-state index contributed by atoms with van der Waals surface area (Å²) in [6.07, 6.45) is 0. The van der Waals surface area contributed by atoms with E-state index in [9.17, 15) is 0 Å². The van der Waals surface area contributed by atoms with Gasteiger partial charge in [0, 0.05) is 5.69 Å². The number of morpholine rings is 1. The van der Waals surface area contributed by atoms with Crippen molar-refractivity contribution in [3.05, 3.63) is 30.3 Å². The number of nitrogens with zero attached hydrogens (tertiary/aromatic N) is 1. The number of anilines is 1. The molecule has 0 saturated carbocycles. The summed E-state index contributed by atoms with van der Waals surface area (Å²) >= 11 is 5.34. The number of rotatable bonds is 1. The molecule has 1 aromatic rings. The van der Waals surface area contributed by atoms with Crippen molar-refractivity contribution in [2.45, 2.75) is 12.1 Å². The van der Waals surface area contributed by atoms with E-state index in [1.165, 1.54) is 0 Å². The lowest BCUT2D eigenvalue weighted by Gasteiger charge is -2.12. The molecule has 2 unspecified atom stereocenters. The summed E-state index contributed by atoms with van der Waals surface area (Å²) in [5.41, 5.74) is 1.05. The van der Waals surface area contributed by atoms with E-state index in [1.807, 2.05) is 30.3 Å². The molecule has 0 aliphatic carbocycles. The van der Waals surface area contributed by atoms with E-state index >= 15 is 0 Å². The van der Waals surface area contributed by atoms with Crippen molar-refractivity contribution < 1.29 is 4.74 Å². The van der Waals surface area contributed by atoms with Gasteiger partial charge >= 0.3 is 0 Å². The fourth-order valence-corrected chi connectivity index (χ4v) is 2.43. The number of ether oxygens (including phenoxy) is 1. The summed E-state index contributed by atoms with van der Waals surface area (Å²) in [5.74, 6) is 0. The summed E-state index contributed by atoms with van der Waals surface area (Å²) in [5, 5.41) is 4.05. The quantitative estimate of drug-likeness (QED) is 0.572. The van der Waals surface area contributed by atoms with E-state index in [2.05, 4.69) is 10.2 Å². The van der Waals surface area contributed by atoms with Crippen LogP contribution in [0.5, 0.6) is 0 Å². The monoisotopic (exact) mass is 220 g/mol. The molecule has 1 N–H and O–H groups in total. The van der Waals surface area contributed by atoms with Gasteiger partial charge in [0.1, 0.15) is 0 Å². The van der Waals surface area contributed by atoms with Crippen molar-refractivity contribution in [1.29, 1.82) is 0 Å². The highest BCUT2D eigenvalue weighted by atomic mass is 32.1. The Morgan fingerprint density at radius 1 is 1.27 bits per heavy atom. The largest absolute Gasteiger partial charge is 0.377 e. The molecule has 3 nitrogen and oxygen atoms in total. The Balaban J connectivity index is 1.63. The minimum Gasteiger partial charge on any atom is -0.377 e. The molecule has 2 atom stereocenters. The number of fused-ring (bicyclic) bond motifs is 1. The lowest BCUT2D eigenvalue weighted by atomic mass is 10.3. The number of hydrogen-bond donors (Lipinski definition) is 1. The van der Waals surface area contributed by atoms with E-state index in [0.29, 0.717) is 12.1 Å². The molecule has 78 valence electrons. The van der Waals surface area contributed by atoms with Gasteiger partial charge in [-0.25, -0.2) is 0 Å². The summed E-state index contributed by atoms with van der Waals surface area (Å²) in [4.78, 5) is 2.21. The summed E-state index contributed by atoms with van der Waals surface area (Å²) in [7, 11) is 0. The fourth-order valence-electron chi connectivity index (χ4n) is 2.04. The van der Waals surface area contributed by atoms with Crippen LogP contribution in [-0.2, 0) is 4.74 Å². The van der Waals surface area contributed by atoms with Crippen molar-refractivity contribution in [3.8, 4) is 0 Å². The second kappa shape index (κ2) is 3.47. The van der Waals surface area contributed by atoms with Crippen LogP contribution < -0.4 is 5.32 Å². The van der Waals surface area contributed by atoms with Crippen molar-refractivity contribution in [2.75, 3.05) is 18.5 Å². The van der Waals surface area contributed by atoms with Crippen LogP contribution in [0.3, 0.4) is 0 Å². The van der Waals surface area contributed by atoms with E-state index < -0.39 is 0 Å². The van der Waals surface area contributed by atoms with E-state index in [0.717, 1.165) is 24.0 Å². The highest BCUT2D eigenvalue weighted by Gasteiger charge is 2.53. The maximum atomic E-state index is 5.34. The molecule has 3 rings (SSSR count). The molecule has 2 heterocycles. The van der Waals surface area contributed by atoms with E-state index in [4.69, 9.17) is 17.0 Å². The lowest BCUT2D eigenvalue weighted by molar-refractivity contribution is 0.154. The third kappa shape index (κ3) is 1.60. The average molecular weight is 220 g/mol. The highest BCUT2D eigenvalue weighted by molar-refractivity contribution is 7.80. The number of benzene rings is 1. The second-order valence-electron chi connectivity index (χ2n) is 3.88. The van der Waals surface area contributed by atoms with Gasteiger partial charge < -0.3 is 15.0 Å². The van der Waals surface area contributed by atoms with Crippen molar-refractivity contribution in [3.63, 3.8) is 0 Å². The molecule has 2 fully saturated rings. The van der Waals surface area contributed by atoms with Gasteiger partial charge in [0.05, 0.1) is 25.3 Å². The average Bonchev–Trinajstić information content (AvgIpc) is 2.75. The zero-order valence-corrected chi connectivity index (χ0v) is 9.04. The summed E-state index contributed by atoms with van der Waals surface area (Å²) in [6, 6.07) is 11.1. The fraction of sp³-hybridized carbons (Fsp3) is 0.364. The van der Waals surface area contributed by atoms with Crippen molar-refractivity contribution in [1.82, 2.24) is 4.90 Å². The van der Waals surface area contributed by atoms with Gasteiger partial charge in [0.25, 0.3) is 0 Å². The minimum atomic E-state index is 0.522. The van der Waals surface area contributed by atoms with Gasteiger partial charge in [-0.15, -0.1) is 0 Å². The molecule has 0 bridgehead atoms. The predicted molar refractivity (Wildman–Crippen MR) is 62.9 cm³/mol. The van der Waals surface area contributed by atoms with Gasteiger partial charge in [-0.05, 0) is 24.4 Å². The Kier molecular flexibility index (Phi) is 2.11. The third-order valence-electron chi connectivity index (χ3n) is 2.91. The van der Waals surface area contributed by atoms with Gasteiger partial charge in [0.2, 0.25) is 0 Å².